The minimum absolute atomic E-state index is 0. The molecule has 130 valence electrons. The molecule has 3 N–H and O–H groups in total. The normalized spacial score (nSPS) is 16.2. The summed E-state index contributed by atoms with van der Waals surface area (Å²) < 4.78 is 1.86. The van der Waals surface area contributed by atoms with Crippen LogP contribution in [-0.2, 0) is 11.8 Å². The van der Waals surface area contributed by atoms with Crippen molar-refractivity contribution in [1.82, 2.24) is 14.8 Å². The molecule has 0 aliphatic heterocycles. The smallest absolute Gasteiger partial charge is 0.244 e. The molecule has 2 aromatic rings. The molecule has 6 nitrogen and oxygen atoms in total. The number of rotatable bonds is 4. The zero-order valence-corrected chi connectivity index (χ0v) is 15.2. The number of anilines is 1. The lowest BCUT2D eigenvalue weighted by atomic mass is 9.82. The van der Waals surface area contributed by atoms with Gasteiger partial charge in [-0.3, -0.25) is 4.79 Å². The summed E-state index contributed by atoms with van der Waals surface area (Å²) in [6.45, 7) is 0. The van der Waals surface area contributed by atoms with Gasteiger partial charge in [0.1, 0.15) is 6.33 Å². The molecule has 0 spiro atoms. The van der Waals surface area contributed by atoms with Gasteiger partial charge in [-0.15, -0.1) is 22.6 Å². The molecule has 0 bridgehead atoms. The topological polar surface area (TPSA) is 85.8 Å². The van der Waals surface area contributed by atoms with Crippen LogP contribution in [0.25, 0.3) is 0 Å². The van der Waals surface area contributed by atoms with E-state index in [-0.39, 0.29) is 18.3 Å². The fraction of sp³-hybridized carbons (Fsp3) is 0.438. The lowest BCUT2D eigenvalue weighted by Crippen LogP contribution is -2.52. The molecule has 0 radical (unpaired) electrons. The van der Waals surface area contributed by atoms with Gasteiger partial charge < -0.3 is 15.6 Å². The van der Waals surface area contributed by atoms with Gasteiger partial charge in [0, 0.05) is 17.6 Å². The van der Waals surface area contributed by atoms with Crippen molar-refractivity contribution >= 4 is 35.8 Å². The Hall–Kier alpha value is -1.57. The van der Waals surface area contributed by atoms with Gasteiger partial charge in [0.25, 0.3) is 0 Å². The van der Waals surface area contributed by atoms with Gasteiger partial charge in [-0.25, -0.2) is 0 Å². The average Bonchev–Trinajstić information content (AvgIpc) is 2.95. The Morgan fingerprint density at radius 2 is 1.92 bits per heavy atom. The van der Waals surface area contributed by atoms with E-state index in [1.54, 1.807) is 6.33 Å². The number of amides is 1. The maximum absolute atomic E-state index is 12.4. The zero-order valence-electron chi connectivity index (χ0n) is 13.6. The standard InChI is InChI=1S/C16H21N5OS.ClH/c1-21-11-18-20-15(21)23-13-7-5-12(6-8-13)19-14(22)16(17)9-3-2-4-10-16;/h5-8,11H,2-4,9-10,17H2,1H3,(H,19,22);1H. The van der Waals surface area contributed by atoms with Gasteiger partial charge in [0.2, 0.25) is 5.91 Å². The Bertz CT molecular complexity index is 682. The largest absolute Gasteiger partial charge is 0.324 e. The van der Waals surface area contributed by atoms with Crippen molar-refractivity contribution in [2.75, 3.05) is 5.32 Å². The van der Waals surface area contributed by atoms with Crippen LogP contribution in [0.4, 0.5) is 5.69 Å². The van der Waals surface area contributed by atoms with Crippen molar-refractivity contribution in [1.29, 1.82) is 0 Å². The molecular weight excluding hydrogens is 346 g/mol. The summed E-state index contributed by atoms with van der Waals surface area (Å²) in [5, 5.41) is 11.7. The molecular formula is C16H22ClN5OS. The number of hydrogen-bond donors (Lipinski definition) is 2. The van der Waals surface area contributed by atoms with Crippen LogP contribution >= 0.6 is 24.2 Å². The Kier molecular flexibility index (Phi) is 6.26. The quantitative estimate of drug-likeness (QED) is 0.867. The second-order valence-corrected chi connectivity index (χ2v) is 7.06. The van der Waals surface area contributed by atoms with Crippen LogP contribution in [-0.4, -0.2) is 26.2 Å². The van der Waals surface area contributed by atoms with Crippen LogP contribution in [0, 0.1) is 0 Å². The van der Waals surface area contributed by atoms with Gasteiger partial charge in [0.15, 0.2) is 5.16 Å². The fourth-order valence-electron chi connectivity index (χ4n) is 2.74. The number of aromatic nitrogens is 3. The Balaban J connectivity index is 0.00000208. The van der Waals surface area contributed by atoms with Crippen LogP contribution in [0.1, 0.15) is 32.1 Å². The third-order valence-corrected chi connectivity index (χ3v) is 5.25. The van der Waals surface area contributed by atoms with E-state index in [4.69, 9.17) is 5.73 Å². The van der Waals surface area contributed by atoms with E-state index in [2.05, 4.69) is 15.5 Å². The molecule has 0 atom stereocenters. The third kappa shape index (κ3) is 4.28. The van der Waals surface area contributed by atoms with Crippen molar-refractivity contribution in [2.24, 2.45) is 12.8 Å². The first-order chi connectivity index (χ1) is 11.1. The van der Waals surface area contributed by atoms with Crippen LogP contribution in [0.3, 0.4) is 0 Å². The molecule has 1 aromatic heterocycles. The zero-order chi connectivity index (χ0) is 16.3. The minimum atomic E-state index is -0.718. The van der Waals surface area contributed by atoms with E-state index in [1.807, 2.05) is 35.9 Å². The van der Waals surface area contributed by atoms with E-state index in [0.717, 1.165) is 41.4 Å². The molecule has 1 aromatic carbocycles. The molecule has 8 heteroatoms. The Morgan fingerprint density at radius 1 is 1.25 bits per heavy atom. The second-order valence-electron chi connectivity index (χ2n) is 6.02. The minimum Gasteiger partial charge on any atom is -0.324 e. The molecule has 1 heterocycles. The predicted octanol–water partition coefficient (Wildman–Crippen LogP) is 2.99. The van der Waals surface area contributed by atoms with E-state index in [1.165, 1.54) is 18.2 Å². The monoisotopic (exact) mass is 367 g/mol. The van der Waals surface area contributed by atoms with E-state index >= 15 is 0 Å². The van der Waals surface area contributed by atoms with Gasteiger partial charge in [-0.05, 0) is 48.9 Å². The number of hydrogen-bond acceptors (Lipinski definition) is 5. The summed E-state index contributed by atoms with van der Waals surface area (Å²) >= 11 is 1.53. The van der Waals surface area contributed by atoms with Crippen molar-refractivity contribution in [3.8, 4) is 0 Å². The van der Waals surface area contributed by atoms with Gasteiger partial charge in [-0.1, -0.05) is 19.3 Å². The SMILES string of the molecule is Cl.Cn1cnnc1Sc1ccc(NC(=O)C2(N)CCCCC2)cc1. The summed E-state index contributed by atoms with van der Waals surface area (Å²) in [6.07, 6.45) is 6.41. The molecule has 1 fully saturated rings. The van der Waals surface area contributed by atoms with Crippen molar-refractivity contribution in [3.63, 3.8) is 0 Å². The van der Waals surface area contributed by atoms with E-state index < -0.39 is 5.54 Å². The molecule has 1 aliphatic carbocycles. The van der Waals surface area contributed by atoms with Crippen molar-refractivity contribution in [3.05, 3.63) is 30.6 Å². The highest BCUT2D eigenvalue weighted by atomic mass is 35.5. The summed E-state index contributed by atoms with van der Waals surface area (Å²) in [5.74, 6) is -0.0779. The number of benzene rings is 1. The average molecular weight is 368 g/mol. The van der Waals surface area contributed by atoms with Crippen LogP contribution in [0.5, 0.6) is 0 Å². The molecule has 24 heavy (non-hydrogen) atoms. The molecule has 1 aliphatic rings. The number of carbonyl (C=O) groups excluding carboxylic acids is 1. The highest BCUT2D eigenvalue weighted by molar-refractivity contribution is 7.99. The molecule has 0 unspecified atom stereocenters. The van der Waals surface area contributed by atoms with Crippen LogP contribution < -0.4 is 11.1 Å². The highest BCUT2D eigenvalue weighted by Crippen LogP contribution is 2.29. The predicted molar refractivity (Wildman–Crippen MR) is 97.4 cm³/mol. The van der Waals surface area contributed by atoms with Gasteiger partial charge >= 0.3 is 0 Å². The molecule has 1 saturated carbocycles. The summed E-state index contributed by atoms with van der Waals surface area (Å²) in [5.41, 5.74) is 6.31. The third-order valence-electron chi connectivity index (χ3n) is 4.19. The molecule has 0 saturated heterocycles. The Morgan fingerprint density at radius 3 is 2.50 bits per heavy atom. The first kappa shape index (κ1) is 18.8. The lowest BCUT2D eigenvalue weighted by Gasteiger charge is -2.31. The fourth-order valence-corrected chi connectivity index (χ4v) is 3.50. The second kappa shape index (κ2) is 8.00. The van der Waals surface area contributed by atoms with Crippen LogP contribution in [0.2, 0.25) is 0 Å². The molecule has 3 rings (SSSR count). The van der Waals surface area contributed by atoms with Crippen LogP contribution in [0.15, 0.2) is 40.6 Å². The Labute approximate surface area is 152 Å². The maximum Gasteiger partial charge on any atom is 0.244 e. The number of aryl methyl sites for hydroxylation is 1. The van der Waals surface area contributed by atoms with E-state index in [9.17, 15) is 4.79 Å². The molecule has 1 amide bonds. The van der Waals surface area contributed by atoms with Gasteiger partial charge in [0.05, 0.1) is 5.54 Å². The first-order valence-corrected chi connectivity index (χ1v) is 8.61. The lowest BCUT2D eigenvalue weighted by molar-refractivity contribution is -0.122. The number of nitrogens with zero attached hydrogens (tertiary/aromatic N) is 3. The number of carbonyl (C=O) groups is 1. The summed E-state index contributed by atoms with van der Waals surface area (Å²) in [7, 11) is 1.90. The summed E-state index contributed by atoms with van der Waals surface area (Å²) in [4.78, 5) is 13.5. The van der Waals surface area contributed by atoms with E-state index in [0.29, 0.717) is 0 Å². The van der Waals surface area contributed by atoms with Gasteiger partial charge in [-0.2, -0.15) is 0 Å². The highest BCUT2D eigenvalue weighted by Gasteiger charge is 2.35. The number of nitrogens with one attached hydrogen (secondary N) is 1. The van der Waals surface area contributed by atoms with Crippen molar-refractivity contribution < 1.29 is 4.79 Å². The maximum atomic E-state index is 12.4. The number of nitrogens with two attached hydrogens (primary N) is 1. The van der Waals surface area contributed by atoms with Crippen molar-refractivity contribution in [2.45, 2.75) is 47.7 Å². The number of halogens is 1. The first-order valence-electron chi connectivity index (χ1n) is 7.79. The summed E-state index contributed by atoms with van der Waals surface area (Å²) in [6, 6.07) is 7.70.